The molecular weight excluding hydrogens is 439 g/mol. The van der Waals surface area contributed by atoms with E-state index in [1.807, 2.05) is 25.1 Å². The molecule has 1 amide bonds. The zero-order chi connectivity index (χ0) is 24.1. The maximum Gasteiger partial charge on any atom is 0.283 e. The Bertz CT molecular complexity index is 1300. The standard InChI is InChI=1S/C24H23FN6O3/c1-15-4-9-19(30-29-15)12-26-24-20-10-17(16-5-7-18(25)8-6-16)11-21(23(20)27-14-28-24)34-13-22(32)31(2)33-3/h4-11,14H,12-13H2,1-3H3,(H,26,27,28). The van der Waals surface area contributed by atoms with Crippen molar-refractivity contribution in [2.75, 3.05) is 26.1 Å². The fourth-order valence-corrected chi connectivity index (χ4v) is 3.22. The van der Waals surface area contributed by atoms with E-state index in [-0.39, 0.29) is 18.3 Å². The zero-order valence-electron chi connectivity index (χ0n) is 18.9. The summed E-state index contributed by atoms with van der Waals surface area (Å²) in [4.78, 5) is 25.9. The Kier molecular flexibility index (Phi) is 6.88. The van der Waals surface area contributed by atoms with E-state index < -0.39 is 0 Å². The highest BCUT2D eigenvalue weighted by Crippen LogP contribution is 2.34. The predicted molar refractivity (Wildman–Crippen MR) is 124 cm³/mol. The number of aryl methyl sites for hydroxylation is 1. The minimum atomic E-state index is -0.367. The second-order valence-electron chi connectivity index (χ2n) is 7.48. The lowest BCUT2D eigenvalue weighted by Crippen LogP contribution is -2.30. The van der Waals surface area contributed by atoms with Crippen LogP contribution in [0.25, 0.3) is 22.0 Å². The largest absolute Gasteiger partial charge is 0.481 e. The molecule has 4 aromatic rings. The van der Waals surface area contributed by atoms with Crippen molar-refractivity contribution in [2.24, 2.45) is 0 Å². The van der Waals surface area contributed by atoms with Crippen LogP contribution < -0.4 is 10.1 Å². The number of ether oxygens (including phenoxy) is 1. The van der Waals surface area contributed by atoms with Crippen LogP contribution in [0.15, 0.2) is 54.9 Å². The zero-order valence-corrected chi connectivity index (χ0v) is 18.9. The Morgan fingerprint density at radius 1 is 1.06 bits per heavy atom. The molecule has 34 heavy (non-hydrogen) atoms. The van der Waals surface area contributed by atoms with Crippen LogP contribution in [0.3, 0.4) is 0 Å². The highest BCUT2D eigenvalue weighted by molar-refractivity contribution is 5.96. The molecule has 9 nitrogen and oxygen atoms in total. The molecule has 0 radical (unpaired) electrons. The van der Waals surface area contributed by atoms with Gasteiger partial charge in [0.05, 0.1) is 25.0 Å². The maximum absolute atomic E-state index is 13.5. The van der Waals surface area contributed by atoms with Gasteiger partial charge in [-0.05, 0) is 54.4 Å². The van der Waals surface area contributed by atoms with Crippen molar-refractivity contribution in [2.45, 2.75) is 13.5 Å². The third-order valence-corrected chi connectivity index (χ3v) is 5.15. The number of fused-ring (bicyclic) bond motifs is 1. The number of carbonyl (C=O) groups is 1. The molecule has 0 saturated carbocycles. The van der Waals surface area contributed by atoms with Gasteiger partial charge < -0.3 is 10.1 Å². The smallest absolute Gasteiger partial charge is 0.283 e. The summed E-state index contributed by atoms with van der Waals surface area (Å²) in [6, 6.07) is 13.5. The first-order chi connectivity index (χ1) is 16.4. The van der Waals surface area contributed by atoms with E-state index in [2.05, 4.69) is 25.5 Å². The van der Waals surface area contributed by atoms with Crippen LogP contribution in [0, 0.1) is 12.7 Å². The Hall–Kier alpha value is -4.18. The minimum Gasteiger partial charge on any atom is -0.481 e. The number of hydrogen-bond acceptors (Lipinski definition) is 8. The first-order valence-corrected chi connectivity index (χ1v) is 10.5. The molecule has 0 aliphatic rings. The number of anilines is 1. The molecule has 4 rings (SSSR count). The van der Waals surface area contributed by atoms with Gasteiger partial charge >= 0.3 is 0 Å². The maximum atomic E-state index is 13.5. The van der Waals surface area contributed by atoms with Gasteiger partial charge in [0.15, 0.2) is 6.61 Å². The number of carbonyl (C=O) groups excluding carboxylic acids is 1. The summed E-state index contributed by atoms with van der Waals surface area (Å²) in [6.07, 6.45) is 1.42. The Morgan fingerprint density at radius 3 is 2.56 bits per heavy atom. The van der Waals surface area contributed by atoms with Crippen LogP contribution >= 0.6 is 0 Å². The van der Waals surface area contributed by atoms with Crippen molar-refractivity contribution >= 4 is 22.6 Å². The lowest BCUT2D eigenvalue weighted by molar-refractivity contribution is -0.170. The SMILES string of the molecule is CON(C)C(=O)COc1cc(-c2ccc(F)cc2)cc2c(NCc3ccc(C)nn3)ncnc12. The Morgan fingerprint density at radius 2 is 1.85 bits per heavy atom. The number of nitrogens with zero attached hydrogens (tertiary/aromatic N) is 5. The number of hydroxylamine groups is 2. The molecule has 0 bridgehead atoms. The molecule has 0 fully saturated rings. The van der Waals surface area contributed by atoms with Crippen LogP contribution in [-0.2, 0) is 16.2 Å². The lowest BCUT2D eigenvalue weighted by Gasteiger charge is -2.16. The van der Waals surface area contributed by atoms with Crippen LogP contribution in [0.4, 0.5) is 10.2 Å². The number of halogens is 1. The van der Waals surface area contributed by atoms with Gasteiger partial charge in [-0.2, -0.15) is 10.2 Å². The first-order valence-electron chi connectivity index (χ1n) is 10.5. The third-order valence-electron chi connectivity index (χ3n) is 5.15. The van der Waals surface area contributed by atoms with Gasteiger partial charge in [0.1, 0.15) is 29.2 Å². The lowest BCUT2D eigenvalue weighted by atomic mass is 10.0. The molecule has 0 aliphatic heterocycles. The summed E-state index contributed by atoms with van der Waals surface area (Å²) in [5, 5.41) is 13.3. The van der Waals surface area contributed by atoms with E-state index in [9.17, 15) is 9.18 Å². The third kappa shape index (κ3) is 5.24. The molecule has 0 aliphatic carbocycles. The number of nitrogens with one attached hydrogen (secondary N) is 1. The van der Waals surface area contributed by atoms with Gasteiger partial charge in [0.25, 0.3) is 5.91 Å². The van der Waals surface area contributed by atoms with Crippen LogP contribution in [0.1, 0.15) is 11.4 Å². The van der Waals surface area contributed by atoms with E-state index in [0.29, 0.717) is 29.0 Å². The molecule has 10 heteroatoms. The second-order valence-corrected chi connectivity index (χ2v) is 7.48. The number of amides is 1. The topological polar surface area (TPSA) is 102 Å². The minimum absolute atomic E-state index is 0.252. The monoisotopic (exact) mass is 462 g/mol. The molecule has 0 saturated heterocycles. The van der Waals surface area contributed by atoms with Crippen molar-refractivity contribution in [1.29, 1.82) is 0 Å². The number of aromatic nitrogens is 4. The molecule has 0 unspecified atom stereocenters. The average Bonchev–Trinajstić information content (AvgIpc) is 2.86. The molecule has 174 valence electrons. The quantitative estimate of drug-likeness (QED) is 0.397. The normalized spacial score (nSPS) is 10.8. The van der Waals surface area contributed by atoms with Gasteiger partial charge in [-0.1, -0.05) is 12.1 Å². The van der Waals surface area contributed by atoms with Gasteiger partial charge in [0, 0.05) is 12.4 Å². The second kappa shape index (κ2) is 10.2. The van der Waals surface area contributed by atoms with E-state index >= 15 is 0 Å². The van der Waals surface area contributed by atoms with Crippen LogP contribution in [-0.4, -0.2) is 51.9 Å². The number of benzene rings is 2. The fourth-order valence-electron chi connectivity index (χ4n) is 3.22. The van der Waals surface area contributed by atoms with Crippen LogP contribution in [0.2, 0.25) is 0 Å². The van der Waals surface area contributed by atoms with E-state index in [4.69, 9.17) is 9.57 Å². The molecule has 2 aromatic heterocycles. The molecule has 2 aromatic carbocycles. The van der Waals surface area contributed by atoms with Crippen LogP contribution in [0.5, 0.6) is 5.75 Å². The van der Waals surface area contributed by atoms with Gasteiger partial charge in [-0.3, -0.25) is 9.63 Å². The van der Waals surface area contributed by atoms with E-state index in [1.54, 1.807) is 18.2 Å². The number of hydrogen-bond donors (Lipinski definition) is 1. The highest BCUT2D eigenvalue weighted by atomic mass is 19.1. The number of rotatable bonds is 8. The molecule has 2 heterocycles. The molecule has 1 N–H and O–H groups in total. The van der Waals surface area contributed by atoms with E-state index in [1.165, 1.54) is 32.6 Å². The predicted octanol–water partition coefficient (Wildman–Crippen LogP) is 3.55. The van der Waals surface area contributed by atoms with Gasteiger partial charge in [-0.15, -0.1) is 0 Å². The summed E-state index contributed by atoms with van der Waals surface area (Å²) in [5.74, 6) is 0.240. The fraction of sp³-hybridized carbons (Fsp3) is 0.208. The summed E-state index contributed by atoms with van der Waals surface area (Å²) in [6.45, 7) is 2.02. The summed E-state index contributed by atoms with van der Waals surface area (Å²) in [7, 11) is 2.89. The molecular formula is C24H23FN6O3. The highest BCUT2D eigenvalue weighted by Gasteiger charge is 2.15. The van der Waals surface area contributed by atoms with Crippen molar-refractivity contribution < 1.29 is 18.8 Å². The van der Waals surface area contributed by atoms with Gasteiger partial charge in [-0.25, -0.2) is 19.4 Å². The average molecular weight is 462 g/mol. The number of likely N-dealkylation sites (N-methyl/N-ethyl adjacent to an activating group) is 1. The Balaban J connectivity index is 1.72. The van der Waals surface area contributed by atoms with Crippen molar-refractivity contribution in [3.8, 4) is 16.9 Å². The summed E-state index contributed by atoms with van der Waals surface area (Å²) >= 11 is 0. The Labute approximate surface area is 195 Å². The van der Waals surface area contributed by atoms with Crippen molar-refractivity contribution in [3.05, 3.63) is 72.1 Å². The van der Waals surface area contributed by atoms with Crippen molar-refractivity contribution in [1.82, 2.24) is 25.2 Å². The summed E-state index contributed by atoms with van der Waals surface area (Å²) in [5.41, 5.74) is 3.62. The van der Waals surface area contributed by atoms with Gasteiger partial charge in [0.2, 0.25) is 0 Å². The van der Waals surface area contributed by atoms with E-state index in [0.717, 1.165) is 27.6 Å². The molecule has 0 atom stereocenters. The first kappa shape index (κ1) is 23.0. The summed E-state index contributed by atoms with van der Waals surface area (Å²) < 4.78 is 19.3. The van der Waals surface area contributed by atoms with Crippen molar-refractivity contribution in [3.63, 3.8) is 0 Å². The molecule has 0 spiro atoms.